The molecule has 0 saturated heterocycles. The number of carboxylic acid groups (broad SMARTS) is 1. The number of nitrogens with one attached hydrogen (secondary N) is 1. The number of carbonyl (C=O) groups is 2. The Morgan fingerprint density at radius 2 is 1.97 bits per heavy atom. The van der Waals surface area contributed by atoms with Gasteiger partial charge >= 0.3 is 5.97 Å². The number of amides is 1. The number of aryl methyl sites for hydroxylation is 2. The first-order valence-corrected chi connectivity index (χ1v) is 9.73. The molecule has 0 radical (unpaired) electrons. The van der Waals surface area contributed by atoms with Gasteiger partial charge in [-0.25, -0.2) is 0 Å². The van der Waals surface area contributed by atoms with Crippen molar-refractivity contribution in [2.45, 2.75) is 32.6 Å². The van der Waals surface area contributed by atoms with E-state index in [1.807, 2.05) is 37.3 Å². The largest absolute Gasteiger partial charge is 0.481 e. The minimum atomic E-state index is -0.809. The van der Waals surface area contributed by atoms with Crippen molar-refractivity contribution in [3.8, 4) is 11.5 Å². The number of allylic oxidation sites excluding steroid dienone is 3. The molecule has 0 fully saturated rings. The summed E-state index contributed by atoms with van der Waals surface area (Å²) in [6, 6.07) is 12.7. The zero-order valence-corrected chi connectivity index (χ0v) is 16.5. The van der Waals surface area contributed by atoms with Crippen molar-refractivity contribution in [1.29, 1.82) is 0 Å². The van der Waals surface area contributed by atoms with E-state index in [2.05, 4.69) is 11.4 Å². The predicted molar refractivity (Wildman–Crippen MR) is 112 cm³/mol. The fourth-order valence-corrected chi connectivity index (χ4v) is 3.19. The lowest BCUT2D eigenvalue weighted by Crippen LogP contribution is -2.25. The Hall–Kier alpha value is -3.34. The van der Waals surface area contributed by atoms with Gasteiger partial charge in [0.05, 0.1) is 0 Å². The second kappa shape index (κ2) is 9.73. The van der Waals surface area contributed by atoms with Gasteiger partial charge in [-0.05, 0) is 67.6 Å². The molecule has 0 heterocycles. The molecule has 0 unspecified atom stereocenters. The molecule has 2 N–H and O–H groups in total. The summed E-state index contributed by atoms with van der Waals surface area (Å²) >= 11 is 0. The predicted octanol–water partition coefficient (Wildman–Crippen LogP) is 4.81. The summed E-state index contributed by atoms with van der Waals surface area (Å²) in [5.41, 5.74) is 3.73. The van der Waals surface area contributed by atoms with E-state index >= 15 is 0 Å². The first kappa shape index (κ1) is 20.4. The lowest BCUT2D eigenvalue weighted by atomic mass is 10.0. The Balaban J connectivity index is 1.62. The quantitative estimate of drug-likeness (QED) is 0.677. The summed E-state index contributed by atoms with van der Waals surface area (Å²) in [5.74, 6) is 0.288. The van der Waals surface area contributed by atoms with Crippen molar-refractivity contribution in [1.82, 2.24) is 5.32 Å². The van der Waals surface area contributed by atoms with E-state index in [1.54, 1.807) is 24.3 Å². The fourth-order valence-electron chi connectivity index (χ4n) is 3.19. The summed E-state index contributed by atoms with van der Waals surface area (Å²) in [4.78, 5) is 23.2. The fraction of sp³-hybridized carbons (Fsp3) is 0.250. The number of ether oxygens (including phenoxy) is 1. The topological polar surface area (TPSA) is 75.6 Å². The van der Waals surface area contributed by atoms with Crippen LogP contribution in [-0.2, 0) is 11.2 Å². The molecule has 0 bridgehead atoms. The highest BCUT2D eigenvalue weighted by molar-refractivity contribution is 5.94. The molecule has 5 heteroatoms. The number of aliphatic carboxylic acids is 1. The monoisotopic (exact) mass is 391 g/mol. The van der Waals surface area contributed by atoms with Crippen LogP contribution in [0.15, 0.2) is 66.3 Å². The highest BCUT2D eigenvalue weighted by Gasteiger charge is 2.09. The third-order valence-electron chi connectivity index (χ3n) is 4.83. The molecule has 5 nitrogen and oxygen atoms in total. The third-order valence-corrected chi connectivity index (χ3v) is 4.83. The molecule has 0 aromatic heterocycles. The normalized spacial score (nSPS) is 12.9. The molecule has 0 aliphatic heterocycles. The SMILES string of the molecule is Cc1cc(Oc2cccc(C(=O)NCC3=CC=CCC3)c2)ccc1CCC(=O)O. The highest BCUT2D eigenvalue weighted by atomic mass is 16.5. The zero-order chi connectivity index (χ0) is 20.6. The van der Waals surface area contributed by atoms with Crippen LogP contribution in [0.1, 0.15) is 40.7 Å². The molecule has 1 aliphatic rings. The number of carboxylic acids is 1. The van der Waals surface area contributed by atoms with Crippen molar-refractivity contribution in [3.63, 3.8) is 0 Å². The molecule has 3 rings (SSSR count). The third kappa shape index (κ3) is 6.07. The number of carbonyl (C=O) groups excluding carboxylic acids is 1. The summed E-state index contributed by atoms with van der Waals surface area (Å²) in [5, 5.41) is 11.8. The standard InChI is InChI=1S/C24H25NO4/c1-17-14-22(12-10-19(17)11-13-23(26)27)29-21-9-5-8-20(15-21)24(28)25-16-18-6-3-2-4-7-18/h2-3,5-6,8-10,12,14-15H,4,7,11,13,16H2,1H3,(H,25,28)(H,26,27). The van der Waals surface area contributed by atoms with Crippen molar-refractivity contribution < 1.29 is 19.4 Å². The van der Waals surface area contributed by atoms with Crippen LogP contribution >= 0.6 is 0 Å². The molecule has 0 saturated carbocycles. The molecule has 2 aromatic carbocycles. The highest BCUT2D eigenvalue weighted by Crippen LogP contribution is 2.25. The molecule has 150 valence electrons. The first-order chi connectivity index (χ1) is 14.0. The summed E-state index contributed by atoms with van der Waals surface area (Å²) in [6.45, 7) is 2.48. The second-order valence-electron chi connectivity index (χ2n) is 7.09. The Bertz CT molecular complexity index is 959. The van der Waals surface area contributed by atoms with Gasteiger partial charge in [-0.15, -0.1) is 0 Å². The Morgan fingerprint density at radius 1 is 1.14 bits per heavy atom. The van der Waals surface area contributed by atoms with Crippen molar-refractivity contribution >= 4 is 11.9 Å². The maximum absolute atomic E-state index is 12.5. The average Bonchev–Trinajstić information content (AvgIpc) is 2.72. The number of hydrogen-bond acceptors (Lipinski definition) is 3. The molecule has 29 heavy (non-hydrogen) atoms. The van der Waals surface area contributed by atoms with E-state index in [0.29, 0.717) is 30.0 Å². The van der Waals surface area contributed by atoms with Crippen LogP contribution in [-0.4, -0.2) is 23.5 Å². The minimum Gasteiger partial charge on any atom is -0.481 e. The summed E-state index contributed by atoms with van der Waals surface area (Å²) in [7, 11) is 0. The number of rotatable bonds is 8. The van der Waals surface area contributed by atoms with Gasteiger partial charge in [0.25, 0.3) is 5.91 Å². The lowest BCUT2D eigenvalue weighted by molar-refractivity contribution is -0.136. The second-order valence-corrected chi connectivity index (χ2v) is 7.09. The van der Waals surface area contributed by atoms with Gasteiger partial charge in [-0.2, -0.15) is 0 Å². The first-order valence-electron chi connectivity index (χ1n) is 9.73. The molecule has 2 aromatic rings. The van der Waals surface area contributed by atoms with E-state index in [-0.39, 0.29) is 12.3 Å². The molecular formula is C24H25NO4. The van der Waals surface area contributed by atoms with Gasteiger partial charge in [0.2, 0.25) is 0 Å². The average molecular weight is 391 g/mol. The minimum absolute atomic E-state index is 0.103. The number of hydrogen-bond donors (Lipinski definition) is 2. The molecule has 0 spiro atoms. The van der Waals surface area contributed by atoms with Crippen molar-refractivity contribution in [2.24, 2.45) is 0 Å². The lowest BCUT2D eigenvalue weighted by Gasteiger charge is -2.12. The maximum Gasteiger partial charge on any atom is 0.303 e. The van der Waals surface area contributed by atoms with Crippen LogP contribution in [0.3, 0.4) is 0 Å². The van der Waals surface area contributed by atoms with E-state index in [0.717, 1.165) is 24.0 Å². The van der Waals surface area contributed by atoms with Gasteiger partial charge in [0, 0.05) is 18.5 Å². The molecule has 1 aliphatic carbocycles. The zero-order valence-electron chi connectivity index (χ0n) is 16.5. The van der Waals surface area contributed by atoms with Crippen LogP contribution in [0.25, 0.3) is 0 Å². The van der Waals surface area contributed by atoms with Crippen molar-refractivity contribution in [3.05, 3.63) is 83.0 Å². The molecular weight excluding hydrogens is 366 g/mol. The van der Waals surface area contributed by atoms with Gasteiger partial charge in [0.15, 0.2) is 0 Å². The van der Waals surface area contributed by atoms with Crippen LogP contribution in [0.2, 0.25) is 0 Å². The van der Waals surface area contributed by atoms with Gasteiger partial charge < -0.3 is 15.2 Å². The van der Waals surface area contributed by atoms with Crippen LogP contribution in [0.4, 0.5) is 0 Å². The number of benzene rings is 2. The van der Waals surface area contributed by atoms with E-state index in [4.69, 9.17) is 9.84 Å². The van der Waals surface area contributed by atoms with Gasteiger partial charge in [-0.1, -0.05) is 35.9 Å². The summed E-state index contributed by atoms with van der Waals surface area (Å²) in [6.07, 6.45) is 8.77. The van der Waals surface area contributed by atoms with Crippen LogP contribution in [0, 0.1) is 6.92 Å². The Kier molecular flexibility index (Phi) is 6.85. The summed E-state index contributed by atoms with van der Waals surface area (Å²) < 4.78 is 5.91. The van der Waals surface area contributed by atoms with E-state index in [1.165, 1.54) is 5.57 Å². The van der Waals surface area contributed by atoms with E-state index in [9.17, 15) is 9.59 Å². The molecule has 0 atom stereocenters. The maximum atomic E-state index is 12.5. The smallest absolute Gasteiger partial charge is 0.303 e. The Morgan fingerprint density at radius 3 is 2.69 bits per heavy atom. The van der Waals surface area contributed by atoms with Gasteiger partial charge in [0.1, 0.15) is 11.5 Å². The van der Waals surface area contributed by atoms with Crippen molar-refractivity contribution in [2.75, 3.05) is 6.54 Å². The van der Waals surface area contributed by atoms with E-state index < -0.39 is 5.97 Å². The van der Waals surface area contributed by atoms with Crippen LogP contribution < -0.4 is 10.1 Å². The molecule has 1 amide bonds. The van der Waals surface area contributed by atoms with Gasteiger partial charge in [-0.3, -0.25) is 9.59 Å². The Labute approximate surface area is 170 Å². The van der Waals surface area contributed by atoms with Crippen LogP contribution in [0.5, 0.6) is 11.5 Å².